The lowest BCUT2D eigenvalue weighted by molar-refractivity contribution is -0.334. The third-order valence-electron chi connectivity index (χ3n) is 3.12. The maximum atomic E-state index is 12.7. The van der Waals surface area contributed by atoms with Gasteiger partial charge in [-0.1, -0.05) is 19.7 Å². The Hall–Kier alpha value is -2.77. The number of carbonyl (C=O) groups excluding carboxylic acids is 6. The molecule has 0 amide bonds. The fraction of sp³-hybridized carbons (Fsp3) is 0.333. The maximum Gasteiger partial charge on any atom is 0.556 e. The van der Waals surface area contributed by atoms with E-state index in [1.54, 1.807) is 0 Å². The standard InChI is InChI=1S/C18H21O13P/c1-10(2)16(22)13(7-19)26-29-32(25,30-27-14(8-20)17(23)11(3)4)31-28-15(9-21)18(24)12(5)6/h7-9,13-15H,1,3,5H2,2,4,6H3. The molecule has 3 atom stereocenters. The van der Waals surface area contributed by atoms with Crippen LogP contribution in [0.3, 0.4) is 0 Å². The number of rotatable bonds is 18. The van der Waals surface area contributed by atoms with Crippen molar-refractivity contribution in [1.29, 1.82) is 0 Å². The molecule has 3 unspecified atom stereocenters. The molecular weight excluding hydrogens is 455 g/mol. The highest BCUT2D eigenvalue weighted by Gasteiger charge is 2.39. The average molecular weight is 476 g/mol. The summed E-state index contributed by atoms with van der Waals surface area (Å²) in [4.78, 5) is 81.6. The van der Waals surface area contributed by atoms with Crippen molar-refractivity contribution in [1.82, 2.24) is 0 Å². The molecule has 0 N–H and O–H groups in total. The van der Waals surface area contributed by atoms with Crippen molar-refractivity contribution >= 4 is 44.0 Å². The molecule has 32 heavy (non-hydrogen) atoms. The van der Waals surface area contributed by atoms with Gasteiger partial charge in [-0.2, -0.15) is 0 Å². The van der Waals surface area contributed by atoms with Gasteiger partial charge in [-0.15, -0.1) is 14.0 Å². The smallest absolute Gasteiger partial charge is 0.300 e. The Morgan fingerprint density at radius 1 is 0.625 bits per heavy atom. The second kappa shape index (κ2) is 13.6. The molecule has 0 aliphatic carbocycles. The minimum Gasteiger partial charge on any atom is -0.300 e. The third kappa shape index (κ3) is 9.16. The van der Waals surface area contributed by atoms with E-state index in [0.29, 0.717) is 0 Å². The van der Waals surface area contributed by atoms with Gasteiger partial charge in [0, 0.05) is 0 Å². The van der Waals surface area contributed by atoms with Crippen LogP contribution >= 0.6 is 7.82 Å². The van der Waals surface area contributed by atoms with Crippen LogP contribution in [-0.2, 0) is 62.0 Å². The summed E-state index contributed by atoms with van der Waals surface area (Å²) in [7, 11) is -5.32. The molecule has 0 aromatic heterocycles. The van der Waals surface area contributed by atoms with E-state index < -0.39 is 43.5 Å². The zero-order valence-electron chi connectivity index (χ0n) is 17.3. The third-order valence-corrected chi connectivity index (χ3v) is 3.93. The molecule has 176 valence electrons. The Labute approximate surface area is 182 Å². The Morgan fingerprint density at radius 2 is 0.844 bits per heavy atom. The lowest BCUT2D eigenvalue weighted by Gasteiger charge is -2.19. The van der Waals surface area contributed by atoms with Gasteiger partial charge >= 0.3 is 7.82 Å². The monoisotopic (exact) mass is 476 g/mol. The molecule has 13 nitrogen and oxygen atoms in total. The van der Waals surface area contributed by atoms with Gasteiger partial charge in [-0.3, -0.25) is 28.8 Å². The highest BCUT2D eigenvalue weighted by Crippen LogP contribution is 2.51. The second-order valence-corrected chi connectivity index (χ2v) is 7.40. The van der Waals surface area contributed by atoms with Crippen molar-refractivity contribution in [2.75, 3.05) is 0 Å². The predicted molar refractivity (Wildman–Crippen MR) is 103 cm³/mol. The molecule has 0 radical (unpaired) electrons. The Bertz CT molecular complexity index is 750. The van der Waals surface area contributed by atoms with Crippen LogP contribution in [0, 0.1) is 0 Å². The number of hydrogen-bond donors (Lipinski definition) is 0. The van der Waals surface area contributed by atoms with Gasteiger partial charge in [0.2, 0.25) is 18.3 Å². The second-order valence-electron chi connectivity index (χ2n) is 6.06. The number of aldehydes is 3. The van der Waals surface area contributed by atoms with Gasteiger partial charge in [0.05, 0.1) is 0 Å². The minimum atomic E-state index is -5.32. The highest BCUT2D eigenvalue weighted by atomic mass is 31.2. The molecule has 0 heterocycles. The minimum absolute atomic E-state index is 0.0548. The van der Waals surface area contributed by atoms with Crippen LogP contribution in [-0.4, -0.2) is 54.5 Å². The topological polar surface area (TPSA) is 175 Å². The van der Waals surface area contributed by atoms with Crippen LogP contribution in [0.2, 0.25) is 0 Å². The van der Waals surface area contributed by atoms with Crippen LogP contribution in [0.4, 0.5) is 0 Å². The summed E-state index contributed by atoms with van der Waals surface area (Å²) in [6.45, 7) is 13.6. The summed E-state index contributed by atoms with van der Waals surface area (Å²) in [5, 5.41) is 0. The molecule has 0 saturated carbocycles. The lowest BCUT2D eigenvalue weighted by Crippen LogP contribution is -2.29. The highest BCUT2D eigenvalue weighted by molar-refractivity contribution is 7.48. The summed E-state index contributed by atoms with van der Waals surface area (Å²) in [6, 6.07) is 0. The number of ketones is 3. The first kappa shape index (κ1) is 29.2. The van der Waals surface area contributed by atoms with Crippen LogP contribution in [0.25, 0.3) is 0 Å². The van der Waals surface area contributed by atoms with E-state index in [1.807, 2.05) is 0 Å². The average Bonchev–Trinajstić information content (AvgIpc) is 2.74. The Kier molecular flexibility index (Phi) is 12.4. The van der Waals surface area contributed by atoms with Crippen molar-refractivity contribution < 1.29 is 62.0 Å². The summed E-state index contributed by atoms with van der Waals surface area (Å²) >= 11 is 0. The van der Waals surface area contributed by atoms with E-state index in [9.17, 15) is 33.3 Å². The van der Waals surface area contributed by atoms with Gasteiger partial charge in [-0.05, 0) is 37.5 Å². The number of phosphoric acid groups is 1. The molecule has 0 aliphatic heterocycles. The van der Waals surface area contributed by atoms with Crippen molar-refractivity contribution in [2.24, 2.45) is 0 Å². The number of hydrogen-bond acceptors (Lipinski definition) is 13. The normalized spacial score (nSPS) is 15.3. The largest absolute Gasteiger partial charge is 0.556 e. The van der Waals surface area contributed by atoms with E-state index in [2.05, 4.69) is 48.4 Å². The molecular formula is C18H21O13P. The van der Waals surface area contributed by atoms with Crippen LogP contribution in [0.1, 0.15) is 20.8 Å². The molecule has 0 saturated heterocycles. The van der Waals surface area contributed by atoms with Crippen molar-refractivity contribution in [3.63, 3.8) is 0 Å². The van der Waals surface area contributed by atoms with E-state index in [-0.39, 0.29) is 35.6 Å². The zero-order valence-corrected chi connectivity index (χ0v) is 18.2. The first-order valence-corrected chi connectivity index (χ1v) is 9.89. The van der Waals surface area contributed by atoms with E-state index in [1.165, 1.54) is 20.8 Å². The summed E-state index contributed by atoms with van der Waals surface area (Å²) in [6.07, 6.45) is -6.15. The van der Waals surface area contributed by atoms with Gasteiger partial charge in [0.15, 0.2) is 36.2 Å². The molecule has 0 aromatic carbocycles. The SMILES string of the molecule is C=C(C)C(=O)C(C=O)OOP(=O)(OOC(C=O)C(=O)C(=C)C)OOC(C=O)C(=O)C(=C)C. The Morgan fingerprint density at radius 3 is 1.00 bits per heavy atom. The van der Waals surface area contributed by atoms with Crippen LogP contribution in [0.5, 0.6) is 0 Å². The fourth-order valence-electron chi connectivity index (χ4n) is 1.45. The van der Waals surface area contributed by atoms with Gasteiger partial charge in [0.25, 0.3) is 0 Å². The fourth-order valence-corrected chi connectivity index (χ4v) is 2.12. The predicted octanol–water partition coefficient (Wildman–Crippen LogP) is 1.08. The number of Topliss-reactive ketones (excluding diaryl/α,β-unsaturated/α-hetero) is 3. The van der Waals surface area contributed by atoms with Gasteiger partial charge in [-0.25, -0.2) is 19.2 Å². The molecule has 0 rings (SSSR count). The van der Waals surface area contributed by atoms with Crippen LogP contribution < -0.4 is 0 Å². The quantitative estimate of drug-likeness (QED) is 0.0686. The lowest BCUT2D eigenvalue weighted by atomic mass is 10.1. The van der Waals surface area contributed by atoms with Crippen LogP contribution in [0.15, 0.2) is 36.5 Å². The van der Waals surface area contributed by atoms with Crippen molar-refractivity contribution in [2.45, 2.75) is 39.1 Å². The van der Waals surface area contributed by atoms with Gasteiger partial charge < -0.3 is 0 Å². The summed E-state index contributed by atoms with van der Waals surface area (Å²) in [5.41, 5.74) is -0.428. The molecule has 0 aromatic rings. The first-order chi connectivity index (χ1) is 14.8. The molecule has 0 bridgehead atoms. The van der Waals surface area contributed by atoms with E-state index >= 15 is 0 Å². The first-order valence-electron chi connectivity index (χ1n) is 8.43. The number of carbonyl (C=O) groups is 6. The van der Waals surface area contributed by atoms with E-state index in [0.717, 1.165) is 0 Å². The molecule has 0 aliphatic rings. The van der Waals surface area contributed by atoms with Crippen molar-refractivity contribution in [3.05, 3.63) is 36.5 Å². The van der Waals surface area contributed by atoms with E-state index in [4.69, 9.17) is 0 Å². The summed E-state index contributed by atoms with van der Waals surface area (Å²) < 4.78 is 25.5. The molecule has 0 fully saturated rings. The molecule has 14 heteroatoms. The zero-order chi connectivity index (χ0) is 25.1. The maximum absolute atomic E-state index is 12.7. The molecule has 0 spiro atoms. The van der Waals surface area contributed by atoms with Gasteiger partial charge in [0.1, 0.15) is 0 Å². The van der Waals surface area contributed by atoms with Crippen molar-refractivity contribution in [3.8, 4) is 0 Å². The Balaban J connectivity index is 5.63. The summed E-state index contributed by atoms with van der Waals surface area (Å²) in [5.74, 6) is -2.96.